The standard InChI is InChI=1S/C46H90N2O6/c1-3-5-7-9-11-13-15-17-19-21-23-25-27-29-31-33-41-52-43-45(44-54-46(51)47-35-36-48(37-39-49)38-40-50)53-42-34-32-30-28-26-24-22-20-18-16-14-12-10-8-6-4-2/h17-20,45,49-50H,3-16,21-44H2,1-2H3,(H,47,51)/b19-17-,20-18-. The summed E-state index contributed by atoms with van der Waals surface area (Å²) in [4.78, 5) is 14.3. The molecule has 1 atom stereocenters. The van der Waals surface area contributed by atoms with E-state index in [0.29, 0.717) is 46.0 Å². The van der Waals surface area contributed by atoms with Crippen LogP contribution in [0.1, 0.15) is 194 Å². The first-order valence-corrected chi connectivity index (χ1v) is 23.0. The zero-order valence-electron chi connectivity index (χ0n) is 35.7. The van der Waals surface area contributed by atoms with Gasteiger partial charge in [0.1, 0.15) is 12.7 Å². The largest absolute Gasteiger partial charge is 0.447 e. The van der Waals surface area contributed by atoms with Gasteiger partial charge in [0, 0.05) is 39.4 Å². The predicted molar refractivity (Wildman–Crippen MR) is 229 cm³/mol. The van der Waals surface area contributed by atoms with Crippen molar-refractivity contribution >= 4 is 6.09 Å². The third kappa shape index (κ3) is 41.7. The molecule has 0 rings (SSSR count). The topological polar surface area (TPSA) is 100 Å². The molecule has 0 aromatic rings. The first-order chi connectivity index (χ1) is 26.7. The minimum absolute atomic E-state index is 0.0116. The first kappa shape index (κ1) is 52.6. The number of carbonyl (C=O) groups excluding carboxylic acids is 1. The summed E-state index contributed by atoms with van der Waals surface area (Å²) in [5.74, 6) is 0. The van der Waals surface area contributed by atoms with E-state index in [4.69, 9.17) is 14.2 Å². The van der Waals surface area contributed by atoms with Gasteiger partial charge in [-0.2, -0.15) is 0 Å². The van der Waals surface area contributed by atoms with Crippen molar-refractivity contribution < 1.29 is 29.2 Å². The third-order valence-electron chi connectivity index (χ3n) is 10.0. The number of aliphatic hydroxyl groups is 2. The van der Waals surface area contributed by atoms with Crippen molar-refractivity contribution in [1.82, 2.24) is 10.2 Å². The maximum atomic E-state index is 12.4. The Morgan fingerprint density at radius 2 is 0.944 bits per heavy atom. The van der Waals surface area contributed by atoms with Crippen LogP contribution in [0, 0.1) is 0 Å². The third-order valence-corrected chi connectivity index (χ3v) is 10.0. The molecule has 1 amide bonds. The van der Waals surface area contributed by atoms with Crippen molar-refractivity contribution in [2.45, 2.75) is 200 Å². The van der Waals surface area contributed by atoms with Crippen LogP contribution < -0.4 is 5.32 Å². The molecule has 0 fully saturated rings. The number of hydrogen-bond donors (Lipinski definition) is 3. The SMILES string of the molecule is CCCCCCCC/C=C\CCCCCCCCOCC(COC(=O)NCCN(CCO)CCO)OCCCCCCCC/C=C\CCCCCCCC. The Kier molecular flexibility index (Phi) is 44.7. The number of ether oxygens (including phenoxy) is 3. The highest BCUT2D eigenvalue weighted by atomic mass is 16.6. The lowest BCUT2D eigenvalue weighted by Crippen LogP contribution is -2.39. The van der Waals surface area contributed by atoms with E-state index in [1.807, 2.05) is 4.90 Å². The Morgan fingerprint density at radius 3 is 1.39 bits per heavy atom. The molecule has 0 bridgehead atoms. The van der Waals surface area contributed by atoms with Gasteiger partial charge in [0.2, 0.25) is 0 Å². The lowest BCUT2D eigenvalue weighted by atomic mass is 10.1. The summed E-state index contributed by atoms with van der Waals surface area (Å²) in [6.45, 7) is 8.32. The quantitative estimate of drug-likeness (QED) is 0.0419. The summed E-state index contributed by atoms with van der Waals surface area (Å²) < 4.78 is 17.6. The lowest BCUT2D eigenvalue weighted by molar-refractivity contribution is -0.0468. The molecule has 8 nitrogen and oxygen atoms in total. The molecular formula is C46H90N2O6. The van der Waals surface area contributed by atoms with E-state index >= 15 is 0 Å². The van der Waals surface area contributed by atoms with Crippen LogP contribution >= 0.6 is 0 Å². The minimum Gasteiger partial charge on any atom is -0.447 e. The molecule has 0 aliphatic heterocycles. The number of unbranched alkanes of at least 4 members (excludes halogenated alkanes) is 24. The van der Waals surface area contributed by atoms with E-state index in [-0.39, 0.29) is 25.9 Å². The number of aliphatic hydroxyl groups excluding tert-OH is 2. The van der Waals surface area contributed by atoms with E-state index in [0.717, 1.165) is 19.3 Å². The summed E-state index contributed by atoms with van der Waals surface area (Å²) in [5, 5.41) is 21.1. The van der Waals surface area contributed by atoms with Gasteiger partial charge in [-0.15, -0.1) is 0 Å². The lowest BCUT2D eigenvalue weighted by Gasteiger charge is -2.21. The number of allylic oxidation sites excluding steroid dienone is 4. The number of carbonyl (C=O) groups is 1. The van der Waals surface area contributed by atoms with Gasteiger partial charge in [-0.3, -0.25) is 4.90 Å². The zero-order chi connectivity index (χ0) is 39.3. The summed E-state index contributed by atoms with van der Waals surface area (Å²) in [6.07, 6.45) is 44.6. The van der Waals surface area contributed by atoms with Crippen LogP contribution in [-0.2, 0) is 14.2 Å². The Labute approximate surface area is 334 Å². The molecule has 0 spiro atoms. The van der Waals surface area contributed by atoms with E-state index in [2.05, 4.69) is 43.5 Å². The van der Waals surface area contributed by atoms with Crippen molar-refractivity contribution in [2.75, 3.05) is 65.8 Å². The van der Waals surface area contributed by atoms with E-state index in [1.165, 1.54) is 161 Å². The second-order valence-corrected chi connectivity index (χ2v) is 15.3. The average Bonchev–Trinajstić information content (AvgIpc) is 3.17. The van der Waals surface area contributed by atoms with E-state index < -0.39 is 6.09 Å². The second kappa shape index (κ2) is 45.9. The average molecular weight is 767 g/mol. The maximum absolute atomic E-state index is 12.4. The van der Waals surface area contributed by atoms with E-state index in [1.54, 1.807) is 0 Å². The number of rotatable bonds is 44. The number of alkyl carbamates (subject to hydrolysis) is 1. The van der Waals surface area contributed by atoms with Crippen LogP contribution in [-0.4, -0.2) is 93.1 Å². The van der Waals surface area contributed by atoms with Crippen LogP contribution in [0.3, 0.4) is 0 Å². The Balaban J connectivity index is 4.15. The Hall–Kier alpha value is -1.45. The molecule has 0 aliphatic rings. The molecule has 1 unspecified atom stereocenters. The predicted octanol–water partition coefficient (Wildman–Crippen LogP) is 11.5. The van der Waals surface area contributed by atoms with Gasteiger partial charge in [0.05, 0.1) is 19.8 Å². The van der Waals surface area contributed by atoms with Crippen LogP contribution in [0.15, 0.2) is 24.3 Å². The van der Waals surface area contributed by atoms with Gasteiger partial charge in [0.25, 0.3) is 0 Å². The van der Waals surface area contributed by atoms with E-state index in [9.17, 15) is 15.0 Å². The summed E-state index contributed by atoms with van der Waals surface area (Å²) in [5.41, 5.74) is 0. The van der Waals surface area contributed by atoms with Gasteiger partial charge in [-0.25, -0.2) is 4.79 Å². The molecule has 0 radical (unpaired) electrons. The first-order valence-electron chi connectivity index (χ1n) is 23.0. The zero-order valence-corrected chi connectivity index (χ0v) is 35.7. The van der Waals surface area contributed by atoms with Crippen molar-refractivity contribution in [3.63, 3.8) is 0 Å². The molecule has 320 valence electrons. The fraction of sp³-hybridized carbons (Fsp3) is 0.891. The van der Waals surface area contributed by atoms with Gasteiger partial charge in [0.15, 0.2) is 0 Å². The highest BCUT2D eigenvalue weighted by Gasteiger charge is 2.14. The van der Waals surface area contributed by atoms with Crippen molar-refractivity contribution in [3.05, 3.63) is 24.3 Å². The maximum Gasteiger partial charge on any atom is 0.407 e. The summed E-state index contributed by atoms with van der Waals surface area (Å²) in [6, 6.07) is 0. The second-order valence-electron chi connectivity index (χ2n) is 15.3. The fourth-order valence-corrected chi connectivity index (χ4v) is 6.56. The number of hydrogen-bond acceptors (Lipinski definition) is 7. The molecular weight excluding hydrogens is 677 g/mol. The van der Waals surface area contributed by atoms with Gasteiger partial charge < -0.3 is 29.7 Å². The molecule has 0 saturated carbocycles. The molecule has 8 heteroatoms. The molecule has 0 aliphatic carbocycles. The molecule has 0 saturated heterocycles. The highest BCUT2D eigenvalue weighted by Crippen LogP contribution is 2.12. The van der Waals surface area contributed by atoms with Gasteiger partial charge >= 0.3 is 6.09 Å². The summed E-state index contributed by atoms with van der Waals surface area (Å²) in [7, 11) is 0. The van der Waals surface area contributed by atoms with Gasteiger partial charge in [-0.05, 0) is 64.2 Å². The van der Waals surface area contributed by atoms with Crippen LogP contribution in [0.4, 0.5) is 4.79 Å². The minimum atomic E-state index is -0.484. The molecule has 0 heterocycles. The van der Waals surface area contributed by atoms with Crippen LogP contribution in [0.25, 0.3) is 0 Å². The number of nitrogens with zero attached hydrogens (tertiary/aromatic N) is 1. The number of amides is 1. The van der Waals surface area contributed by atoms with Crippen molar-refractivity contribution in [1.29, 1.82) is 0 Å². The molecule has 54 heavy (non-hydrogen) atoms. The molecule has 0 aromatic carbocycles. The highest BCUT2D eigenvalue weighted by molar-refractivity contribution is 5.67. The molecule has 3 N–H and O–H groups in total. The monoisotopic (exact) mass is 767 g/mol. The summed E-state index contributed by atoms with van der Waals surface area (Å²) >= 11 is 0. The van der Waals surface area contributed by atoms with Gasteiger partial charge in [-0.1, -0.05) is 154 Å². The fourth-order valence-electron chi connectivity index (χ4n) is 6.56. The van der Waals surface area contributed by atoms with Crippen LogP contribution in [0.5, 0.6) is 0 Å². The Morgan fingerprint density at radius 1 is 0.537 bits per heavy atom. The number of nitrogens with one attached hydrogen (secondary N) is 1. The van der Waals surface area contributed by atoms with Crippen molar-refractivity contribution in [2.24, 2.45) is 0 Å². The normalized spacial score (nSPS) is 12.5. The van der Waals surface area contributed by atoms with Crippen LogP contribution in [0.2, 0.25) is 0 Å². The Bertz CT molecular complexity index is 789. The van der Waals surface area contributed by atoms with Crippen molar-refractivity contribution in [3.8, 4) is 0 Å². The molecule has 0 aromatic heterocycles. The smallest absolute Gasteiger partial charge is 0.407 e.